The monoisotopic (exact) mass is 369 g/mol. The molecule has 3 aromatic rings. The number of benzene rings is 2. The minimum Gasteiger partial charge on any atom is -0.459 e. The fraction of sp³-hybridized carbons (Fsp3) is 0.250. The van der Waals surface area contributed by atoms with Gasteiger partial charge in [0.25, 0.3) is 0 Å². The van der Waals surface area contributed by atoms with Gasteiger partial charge >= 0.3 is 0 Å². The van der Waals surface area contributed by atoms with Gasteiger partial charge in [-0.2, -0.15) is 0 Å². The molecular weight excluding hydrogens is 349 g/mol. The fourth-order valence-corrected chi connectivity index (χ4v) is 3.03. The molecule has 140 valence electrons. The Morgan fingerprint density at radius 2 is 1.89 bits per heavy atom. The Hall–Kier alpha value is -3.22. The minimum atomic E-state index is -0.271. The number of hydrogen-bond acceptors (Lipinski definition) is 4. The molecule has 0 fully saturated rings. The van der Waals surface area contributed by atoms with Crippen LogP contribution in [0.2, 0.25) is 0 Å². The third kappa shape index (κ3) is 3.53. The summed E-state index contributed by atoms with van der Waals surface area (Å²) in [6.45, 7) is 3.21. The number of halogens is 1. The van der Waals surface area contributed by atoms with Crippen molar-refractivity contribution in [2.45, 2.75) is 20.0 Å². The Balaban J connectivity index is 1.39. The molecule has 0 aliphatic carbocycles. The molecule has 0 saturated carbocycles. The average molecular weight is 369 g/mol. The summed E-state index contributed by atoms with van der Waals surface area (Å²) in [7, 11) is 1.70. The maximum absolute atomic E-state index is 13.4. The first kappa shape index (κ1) is 17.2. The van der Waals surface area contributed by atoms with Gasteiger partial charge in [0.1, 0.15) is 17.2 Å². The van der Waals surface area contributed by atoms with Crippen molar-refractivity contribution in [1.29, 1.82) is 0 Å². The van der Waals surface area contributed by atoms with Crippen LogP contribution in [-0.2, 0) is 13.1 Å². The zero-order valence-electron chi connectivity index (χ0n) is 15.1. The van der Waals surface area contributed by atoms with Crippen molar-refractivity contribution in [3.8, 4) is 11.5 Å². The molecule has 0 amide bonds. The number of guanidine groups is 1. The van der Waals surface area contributed by atoms with Crippen LogP contribution in [0.5, 0.6) is 11.5 Å². The first-order valence-electron chi connectivity index (χ1n) is 8.64. The summed E-state index contributed by atoms with van der Waals surface area (Å²) in [4.78, 5) is 4.23. The van der Waals surface area contributed by atoms with Crippen molar-refractivity contribution in [3.63, 3.8) is 0 Å². The quantitative estimate of drug-likeness (QED) is 0.544. The van der Waals surface area contributed by atoms with E-state index in [1.165, 1.54) is 12.1 Å². The predicted octanol–water partition coefficient (Wildman–Crippen LogP) is 3.47. The first-order chi connectivity index (χ1) is 13.1. The smallest absolute Gasteiger partial charge is 0.231 e. The van der Waals surface area contributed by atoms with Crippen LogP contribution >= 0.6 is 0 Å². The maximum atomic E-state index is 13.4. The molecule has 1 aromatic heterocycles. The van der Waals surface area contributed by atoms with Crippen molar-refractivity contribution in [3.05, 3.63) is 59.1 Å². The van der Waals surface area contributed by atoms with Crippen molar-refractivity contribution >= 4 is 16.9 Å². The van der Waals surface area contributed by atoms with Gasteiger partial charge in [0.15, 0.2) is 17.5 Å². The molecule has 2 N–H and O–H groups in total. The zero-order valence-corrected chi connectivity index (χ0v) is 15.1. The van der Waals surface area contributed by atoms with Crippen LogP contribution in [0, 0.1) is 12.7 Å². The second-order valence-electron chi connectivity index (χ2n) is 6.26. The lowest BCUT2D eigenvalue weighted by Gasteiger charge is -2.11. The Labute approximate surface area is 156 Å². The molecule has 0 bridgehead atoms. The molecule has 7 heteroatoms. The molecule has 1 aliphatic rings. The summed E-state index contributed by atoms with van der Waals surface area (Å²) in [5.41, 5.74) is 2.65. The largest absolute Gasteiger partial charge is 0.459 e. The summed E-state index contributed by atoms with van der Waals surface area (Å²) in [6, 6.07) is 10.4. The molecule has 0 saturated heterocycles. The molecule has 0 spiro atoms. The number of rotatable bonds is 4. The van der Waals surface area contributed by atoms with Crippen molar-refractivity contribution in [1.82, 2.24) is 10.6 Å². The Morgan fingerprint density at radius 1 is 1.07 bits per heavy atom. The van der Waals surface area contributed by atoms with E-state index in [1.54, 1.807) is 13.1 Å². The Morgan fingerprint density at radius 3 is 2.74 bits per heavy atom. The number of aryl methyl sites for hydroxylation is 1. The summed E-state index contributed by atoms with van der Waals surface area (Å²) < 4.78 is 30.0. The Bertz CT molecular complexity index is 1010. The summed E-state index contributed by atoms with van der Waals surface area (Å²) in [5, 5.41) is 7.26. The maximum Gasteiger partial charge on any atom is 0.231 e. The zero-order chi connectivity index (χ0) is 18.8. The summed E-state index contributed by atoms with van der Waals surface area (Å²) >= 11 is 0. The van der Waals surface area contributed by atoms with Gasteiger partial charge < -0.3 is 24.5 Å². The number of hydrogen-bond donors (Lipinski definition) is 2. The van der Waals surface area contributed by atoms with E-state index in [-0.39, 0.29) is 12.6 Å². The minimum absolute atomic E-state index is 0.260. The van der Waals surface area contributed by atoms with Gasteiger partial charge in [-0.15, -0.1) is 0 Å². The van der Waals surface area contributed by atoms with Gasteiger partial charge in [-0.3, -0.25) is 4.99 Å². The van der Waals surface area contributed by atoms with Crippen LogP contribution in [0.3, 0.4) is 0 Å². The fourth-order valence-electron chi connectivity index (χ4n) is 3.03. The van der Waals surface area contributed by atoms with E-state index in [1.807, 2.05) is 25.1 Å². The number of aliphatic imine (C=N–C) groups is 1. The van der Waals surface area contributed by atoms with Crippen molar-refractivity contribution in [2.24, 2.45) is 4.99 Å². The van der Waals surface area contributed by atoms with Crippen LogP contribution in [-0.4, -0.2) is 19.8 Å². The highest BCUT2D eigenvalue weighted by atomic mass is 19.1. The average Bonchev–Trinajstić information content (AvgIpc) is 3.26. The van der Waals surface area contributed by atoms with E-state index < -0.39 is 0 Å². The van der Waals surface area contributed by atoms with Crippen LogP contribution in [0.1, 0.15) is 16.9 Å². The van der Waals surface area contributed by atoms with Gasteiger partial charge in [-0.25, -0.2) is 4.39 Å². The highest BCUT2D eigenvalue weighted by Crippen LogP contribution is 2.32. The SMILES string of the molecule is CN=C(NCc1ccc2c(c1)OCO2)NCc1oc2ccc(F)cc2c1C. The lowest BCUT2D eigenvalue weighted by atomic mass is 10.1. The lowest BCUT2D eigenvalue weighted by molar-refractivity contribution is 0.174. The molecular formula is C20H20FN3O3. The molecule has 6 nitrogen and oxygen atoms in total. The molecule has 0 atom stereocenters. The number of nitrogens with zero attached hydrogens (tertiary/aromatic N) is 1. The van der Waals surface area contributed by atoms with Crippen LogP contribution in [0.4, 0.5) is 4.39 Å². The molecule has 0 unspecified atom stereocenters. The van der Waals surface area contributed by atoms with E-state index in [0.717, 1.165) is 33.8 Å². The normalized spacial score (nSPS) is 13.2. The molecule has 2 aromatic carbocycles. The second-order valence-corrected chi connectivity index (χ2v) is 6.26. The van der Waals surface area contributed by atoms with E-state index in [0.29, 0.717) is 24.6 Å². The number of ether oxygens (including phenoxy) is 2. The topological polar surface area (TPSA) is 68.0 Å². The standard InChI is InChI=1S/C20H20FN3O3/c1-12-15-8-14(21)4-6-16(15)27-19(12)10-24-20(22-2)23-9-13-3-5-17-18(7-13)26-11-25-17/h3-8H,9-11H2,1-2H3,(H2,22,23,24). The molecule has 1 aliphatic heterocycles. The van der Waals surface area contributed by atoms with E-state index in [4.69, 9.17) is 13.9 Å². The predicted molar refractivity (Wildman–Crippen MR) is 101 cm³/mol. The number of furan rings is 1. The van der Waals surface area contributed by atoms with Gasteiger partial charge in [0, 0.05) is 24.5 Å². The Kier molecular flexibility index (Phi) is 4.58. The molecule has 2 heterocycles. The second kappa shape index (κ2) is 7.19. The van der Waals surface area contributed by atoms with Crippen molar-refractivity contribution < 1.29 is 18.3 Å². The molecule has 27 heavy (non-hydrogen) atoms. The lowest BCUT2D eigenvalue weighted by Crippen LogP contribution is -2.36. The number of fused-ring (bicyclic) bond motifs is 2. The van der Waals surface area contributed by atoms with E-state index >= 15 is 0 Å². The van der Waals surface area contributed by atoms with Gasteiger partial charge in [-0.05, 0) is 42.8 Å². The number of nitrogens with one attached hydrogen (secondary N) is 2. The highest BCUT2D eigenvalue weighted by Gasteiger charge is 2.14. The van der Waals surface area contributed by atoms with Gasteiger partial charge in [-0.1, -0.05) is 6.07 Å². The first-order valence-corrected chi connectivity index (χ1v) is 8.64. The van der Waals surface area contributed by atoms with Crippen LogP contribution < -0.4 is 20.1 Å². The molecule has 0 radical (unpaired) electrons. The molecule has 4 rings (SSSR count). The summed E-state index contributed by atoms with van der Waals surface area (Å²) in [5.74, 6) is 2.63. The third-order valence-corrected chi connectivity index (χ3v) is 4.53. The van der Waals surface area contributed by atoms with E-state index in [9.17, 15) is 4.39 Å². The van der Waals surface area contributed by atoms with Crippen molar-refractivity contribution in [2.75, 3.05) is 13.8 Å². The summed E-state index contributed by atoms with van der Waals surface area (Å²) in [6.07, 6.45) is 0. The van der Waals surface area contributed by atoms with Crippen LogP contribution in [0.25, 0.3) is 11.0 Å². The van der Waals surface area contributed by atoms with Gasteiger partial charge in [0.2, 0.25) is 6.79 Å². The van der Waals surface area contributed by atoms with Gasteiger partial charge in [0.05, 0.1) is 6.54 Å². The third-order valence-electron chi connectivity index (χ3n) is 4.53. The van der Waals surface area contributed by atoms with E-state index in [2.05, 4.69) is 15.6 Å². The van der Waals surface area contributed by atoms with Crippen LogP contribution in [0.15, 0.2) is 45.8 Å². The highest BCUT2D eigenvalue weighted by molar-refractivity contribution is 5.83.